The van der Waals surface area contributed by atoms with Gasteiger partial charge in [-0.2, -0.15) is 0 Å². The lowest BCUT2D eigenvalue weighted by atomic mass is 10.1. The van der Waals surface area contributed by atoms with Crippen LogP contribution in [0.3, 0.4) is 0 Å². The fraction of sp³-hybridized carbons (Fsp3) is 0.143. The topological polar surface area (TPSA) is 9.23 Å². The van der Waals surface area contributed by atoms with Crippen molar-refractivity contribution in [2.24, 2.45) is 0 Å². The van der Waals surface area contributed by atoms with Crippen molar-refractivity contribution in [1.82, 2.24) is 0 Å². The summed E-state index contributed by atoms with van der Waals surface area (Å²) in [7, 11) is 1.19. The molecule has 0 N–H and O–H groups in total. The first-order chi connectivity index (χ1) is 11.2. The van der Waals surface area contributed by atoms with Crippen LogP contribution in [0.4, 0.5) is 0 Å². The molecule has 0 aliphatic heterocycles. The maximum Gasteiger partial charge on any atom is 0.124 e. The minimum Gasteiger partial charge on any atom is -0.496 e. The molecule has 0 saturated heterocycles. The molecule has 0 aliphatic rings. The summed E-state index contributed by atoms with van der Waals surface area (Å²) in [5.41, 5.74) is 2.39. The van der Waals surface area contributed by atoms with Crippen molar-refractivity contribution in [1.29, 1.82) is 0 Å². The van der Waals surface area contributed by atoms with Crippen LogP contribution in [0.2, 0.25) is 0 Å². The highest BCUT2D eigenvalue weighted by Gasteiger charge is 2.18. The Balaban J connectivity index is 2.17. The molecule has 2 heteroatoms. The van der Waals surface area contributed by atoms with Crippen molar-refractivity contribution in [3.05, 3.63) is 83.9 Å². The fourth-order valence-electron chi connectivity index (χ4n) is 2.98. The van der Waals surface area contributed by atoms with E-state index in [1.54, 1.807) is 7.11 Å². The molecule has 23 heavy (non-hydrogen) atoms. The van der Waals surface area contributed by atoms with Gasteiger partial charge in [-0.3, -0.25) is 0 Å². The van der Waals surface area contributed by atoms with Crippen LogP contribution in [-0.4, -0.2) is 7.11 Å². The number of methoxy groups -OCH3 is 1. The van der Waals surface area contributed by atoms with E-state index in [9.17, 15) is 0 Å². The first-order valence-corrected chi connectivity index (χ1v) is 9.10. The van der Waals surface area contributed by atoms with Gasteiger partial charge in [0.2, 0.25) is 0 Å². The fourth-order valence-corrected chi connectivity index (χ4v) is 5.46. The maximum absolute atomic E-state index is 5.53. The van der Waals surface area contributed by atoms with Crippen molar-refractivity contribution in [2.75, 3.05) is 7.11 Å². The third-order valence-electron chi connectivity index (χ3n) is 3.94. The molecule has 0 heterocycles. The lowest BCUT2D eigenvalue weighted by molar-refractivity contribution is 0.409. The van der Waals surface area contributed by atoms with Crippen LogP contribution in [0, 0.1) is 13.8 Å². The van der Waals surface area contributed by atoms with E-state index in [0.717, 1.165) is 5.75 Å². The number of benzene rings is 3. The highest BCUT2D eigenvalue weighted by molar-refractivity contribution is 7.79. The zero-order chi connectivity index (χ0) is 16.2. The van der Waals surface area contributed by atoms with Crippen molar-refractivity contribution >= 4 is 23.8 Å². The molecule has 0 unspecified atom stereocenters. The number of ether oxygens (including phenoxy) is 1. The van der Waals surface area contributed by atoms with Crippen molar-refractivity contribution in [3.63, 3.8) is 0 Å². The first-order valence-electron chi connectivity index (χ1n) is 7.76. The average molecular weight is 320 g/mol. The molecule has 0 atom stereocenters. The Morgan fingerprint density at radius 1 is 0.652 bits per heavy atom. The summed E-state index contributed by atoms with van der Waals surface area (Å²) in [5, 5.41) is 4.11. The first kappa shape index (κ1) is 15.8. The van der Waals surface area contributed by atoms with Gasteiger partial charge in [0.15, 0.2) is 0 Å². The standard InChI is InChI=1S/C21H21OP/c1-16-14-20(15-17(2)21(16)22-3)23(18-10-6-4-7-11-18)19-12-8-5-9-13-19/h4-15H,1-3H3. The van der Waals surface area contributed by atoms with E-state index in [1.807, 2.05) is 0 Å². The predicted molar refractivity (Wildman–Crippen MR) is 101 cm³/mol. The summed E-state index contributed by atoms with van der Waals surface area (Å²) in [6.45, 7) is 4.25. The van der Waals surface area contributed by atoms with Gasteiger partial charge in [-0.05, 0) is 60.9 Å². The average Bonchev–Trinajstić information content (AvgIpc) is 2.57. The van der Waals surface area contributed by atoms with E-state index in [0.29, 0.717) is 0 Å². The van der Waals surface area contributed by atoms with Gasteiger partial charge in [-0.25, -0.2) is 0 Å². The van der Waals surface area contributed by atoms with Gasteiger partial charge < -0.3 is 4.74 Å². The molecule has 0 amide bonds. The quantitative estimate of drug-likeness (QED) is 0.659. The van der Waals surface area contributed by atoms with E-state index in [4.69, 9.17) is 4.74 Å². The van der Waals surface area contributed by atoms with Gasteiger partial charge in [0.25, 0.3) is 0 Å². The molecule has 3 rings (SSSR count). The highest BCUT2D eigenvalue weighted by atomic mass is 31.1. The Kier molecular flexibility index (Phi) is 4.79. The van der Waals surface area contributed by atoms with Crippen molar-refractivity contribution in [3.8, 4) is 5.75 Å². The lowest BCUT2D eigenvalue weighted by Gasteiger charge is -2.21. The smallest absolute Gasteiger partial charge is 0.124 e. The van der Waals surface area contributed by atoms with Crippen LogP contribution >= 0.6 is 7.92 Å². The molecule has 0 aliphatic carbocycles. The minimum atomic E-state index is -0.551. The Morgan fingerprint density at radius 3 is 1.48 bits per heavy atom. The Labute approximate surface area is 139 Å². The SMILES string of the molecule is COc1c(C)cc(P(c2ccccc2)c2ccccc2)cc1C. The highest BCUT2D eigenvalue weighted by Crippen LogP contribution is 2.35. The summed E-state index contributed by atoms with van der Waals surface area (Å²) in [4.78, 5) is 0. The van der Waals surface area contributed by atoms with Gasteiger partial charge in [0.1, 0.15) is 5.75 Å². The largest absolute Gasteiger partial charge is 0.496 e. The normalized spacial score (nSPS) is 10.8. The van der Waals surface area contributed by atoms with Gasteiger partial charge >= 0.3 is 0 Å². The summed E-state index contributed by atoms with van der Waals surface area (Å²) in [6.07, 6.45) is 0. The third kappa shape index (κ3) is 3.30. The summed E-state index contributed by atoms with van der Waals surface area (Å²) in [5.74, 6) is 0.991. The summed E-state index contributed by atoms with van der Waals surface area (Å²) in [6, 6.07) is 26.1. The molecule has 0 spiro atoms. The molecule has 1 nitrogen and oxygen atoms in total. The zero-order valence-electron chi connectivity index (χ0n) is 13.8. The lowest BCUT2D eigenvalue weighted by Crippen LogP contribution is -2.21. The van der Waals surface area contributed by atoms with Gasteiger partial charge in [0, 0.05) is 0 Å². The Hall–Kier alpha value is -2.11. The minimum absolute atomic E-state index is 0.551. The predicted octanol–water partition coefficient (Wildman–Crippen LogP) is 4.07. The van der Waals surface area contributed by atoms with E-state index in [-0.39, 0.29) is 0 Å². The van der Waals surface area contributed by atoms with Gasteiger partial charge in [-0.15, -0.1) is 0 Å². The van der Waals surface area contributed by atoms with Crippen LogP contribution in [-0.2, 0) is 0 Å². The number of rotatable bonds is 4. The Bertz CT molecular complexity index is 719. The second-order valence-electron chi connectivity index (χ2n) is 5.62. The molecule has 0 radical (unpaired) electrons. The van der Waals surface area contributed by atoms with E-state index < -0.39 is 7.92 Å². The maximum atomic E-state index is 5.53. The molecule has 0 bridgehead atoms. The summed E-state index contributed by atoms with van der Waals surface area (Å²) >= 11 is 0. The molecule has 3 aromatic carbocycles. The number of aryl methyl sites for hydroxylation is 2. The van der Waals surface area contributed by atoms with Crippen LogP contribution < -0.4 is 20.7 Å². The zero-order valence-corrected chi connectivity index (χ0v) is 14.7. The van der Waals surface area contributed by atoms with E-state index >= 15 is 0 Å². The number of hydrogen-bond donors (Lipinski definition) is 0. The van der Waals surface area contributed by atoms with Crippen LogP contribution in [0.15, 0.2) is 72.8 Å². The molecule has 3 aromatic rings. The van der Waals surface area contributed by atoms with Crippen molar-refractivity contribution in [2.45, 2.75) is 13.8 Å². The van der Waals surface area contributed by atoms with E-state index in [1.165, 1.54) is 27.0 Å². The monoisotopic (exact) mass is 320 g/mol. The van der Waals surface area contributed by atoms with Crippen LogP contribution in [0.1, 0.15) is 11.1 Å². The molecule has 116 valence electrons. The van der Waals surface area contributed by atoms with Crippen molar-refractivity contribution < 1.29 is 4.74 Å². The van der Waals surface area contributed by atoms with Crippen LogP contribution in [0.5, 0.6) is 5.75 Å². The van der Waals surface area contributed by atoms with Gasteiger partial charge in [0.05, 0.1) is 7.11 Å². The van der Waals surface area contributed by atoms with Gasteiger partial charge in [-0.1, -0.05) is 60.7 Å². The molecule has 0 saturated carbocycles. The number of hydrogen-bond acceptors (Lipinski definition) is 1. The second-order valence-corrected chi connectivity index (χ2v) is 7.84. The van der Waals surface area contributed by atoms with E-state index in [2.05, 4.69) is 86.6 Å². The summed E-state index contributed by atoms with van der Waals surface area (Å²) < 4.78 is 5.53. The molecular weight excluding hydrogens is 299 g/mol. The Morgan fingerprint density at radius 2 is 1.09 bits per heavy atom. The molecule has 0 fully saturated rings. The molecule has 0 aromatic heterocycles. The second kappa shape index (κ2) is 6.98. The van der Waals surface area contributed by atoms with Crippen LogP contribution in [0.25, 0.3) is 0 Å². The third-order valence-corrected chi connectivity index (χ3v) is 6.34. The molecular formula is C21H21OP.